The Morgan fingerprint density at radius 2 is 1.82 bits per heavy atom. The summed E-state index contributed by atoms with van der Waals surface area (Å²) in [5, 5.41) is 0.564. The van der Waals surface area contributed by atoms with Crippen molar-refractivity contribution >= 4 is 29.2 Å². The minimum absolute atomic E-state index is 0.0100. The number of para-hydroxylation sites is 1. The van der Waals surface area contributed by atoms with Gasteiger partial charge in [0.15, 0.2) is 5.96 Å². The number of hydrogen-bond acceptors (Lipinski definition) is 2. The van der Waals surface area contributed by atoms with Crippen LogP contribution < -0.4 is 21.9 Å². The maximum atomic E-state index is 6.04. The fourth-order valence-corrected chi connectivity index (χ4v) is 1.92. The lowest BCUT2D eigenvalue weighted by Gasteiger charge is -2.08. The zero-order valence-corrected chi connectivity index (χ0v) is 12.5. The third-order valence-electron chi connectivity index (χ3n) is 2.63. The van der Waals surface area contributed by atoms with Gasteiger partial charge in [0.1, 0.15) is 12.4 Å². The fourth-order valence-electron chi connectivity index (χ4n) is 1.73. The van der Waals surface area contributed by atoms with Gasteiger partial charge in [-0.1, -0.05) is 35.9 Å². The monoisotopic (exact) mass is 317 g/mol. The van der Waals surface area contributed by atoms with E-state index >= 15 is 0 Å². The number of benzene rings is 2. The number of ether oxygens (including phenoxy) is 1. The first-order valence-electron chi connectivity index (χ1n) is 6.44. The SMILES string of the molecule is NC(N)=NC(N)=Nc1cccc(COc2ccccc2Cl)c1. The molecule has 2 aromatic rings. The van der Waals surface area contributed by atoms with Crippen LogP contribution in [-0.4, -0.2) is 11.9 Å². The van der Waals surface area contributed by atoms with Crippen LogP contribution in [0.2, 0.25) is 5.02 Å². The highest BCUT2D eigenvalue weighted by molar-refractivity contribution is 6.32. The van der Waals surface area contributed by atoms with E-state index in [0.717, 1.165) is 5.56 Å². The molecule has 114 valence electrons. The Balaban J connectivity index is 2.09. The number of guanidine groups is 2. The molecule has 22 heavy (non-hydrogen) atoms. The Hall–Kier alpha value is -2.73. The van der Waals surface area contributed by atoms with E-state index in [-0.39, 0.29) is 11.9 Å². The van der Waals surface area contributed by atoms with Gasteiger partial charge in [0.05, 0.1) is 10.7 Å². The second-order valence-corrected chi connectivity index (χ2v) is 4.80. The van der Waals surface area contributed by atoms with E-state index in [9.17, 15) is 0 Å². The van der Waals surface area contributed by atoms with Gasteiger partial charge in [-0.15, -0.1) is 0 Å². The number of nitrogens with two attached hydrogens (primary N) is 3. The molecule has 2 rings (SSSR count). The van der Waals surface area contributed by atoms with Crippen molar-refractivity contribution in [2.75, 3.05) is 0 Å². The molecule has 6 nitrogen and oxygen atoms in total. The Morgan fingerprint density at radius 3 is 2.55 bits per heavy atom. The van der Waals surface area contributed by atoms with E-state index in [1.807, 2.05) is 30.3 Å². The van der Waals surface area contributed by atoms with E-state index in [1.165, 1.54) is 0 Å². The maximum absolute atomic E-state index is 6.04. The molecule has 0 saturated heterocycles. The summed E-state index contributed by atoms with van der Waals surface area (Å²) >= 11 is 6.04. The van der Waals surface area contributed by atoms with Gasteiger partial charge >= 0.3 is 0 Å². The first kappa shape index (κ1) is 15.7. The molecule has 0 radical (unpaired) electrons. The zero-order valence-electron chi connectivity index (χ0n) is 11.7. The van der Waals surface area contributed by atoms with Crippen molar-refractivity contribution in [2.24, 2.45) is 27.2 Å². The van der Waals surface area contributed by atoms with Crippen LogP contribution in [0, 0.1) is 0 Å². The summed E-state index contributed by atoms with van der Waals surface area (Å²) < 4.78 is 5.67. The van der Waals surface area contributed by atoms with Gasteiger partial charge in [-0.05, 0) is 29.8 Å². The molecule has 0 atom stereocenters. The van der Waals surface area contributed by atoms with E-state index in [2.05, 4.69) is 9.98 Å². The van der Waals surface area contributed by atoms with Gasteiger partial charge < -0.3 is 21.9 Å². The summed E-state index contributed by atoms with van der Waals surface area (Å²) in [6.45, 7) is 0.356. The molecule has 2 aromatic carbocycles. The number of hydrogen-bond donors (Lipinski definition) is 3. The van der Waals surface area contributed by atoms with Crippen LogP contribution >= 0.6 is 11.6 Å². The number of aliphatic imine (C=N–C) groups is 2. The summed E-state index contributed by atoms with van der Waals surface area (Å²) in [6.07, 6.45) is 0. The summed E-state index contributed by atoms with van der Waals surface area (Å²) in [7, 11) is 0. The van der Waals surface area contributed by atoms with E-state index in [1.54, 1.807) is 18.2 Å². The van der Waals surface area contributed by atoms with Crippen molar-refractivity contribution in [1.29, 1.82) is 0 Å². The van der Waals surface area contributed by atoms with Crippen molar-refractivity contribution in [3.63, 3.8) is 0 Å². The van der Waals surface area contributed by atoms with Crippen molar-refractivity contribution in [2.45, 2.75) is 6.61 Å². The van der Waals surface area contributed by atoms with Gasteiger partial charge in [0.2, 0.25) is 5.96 Å². The van der Waals surface area contributed by atoms with Gasteiger partial charge in [-0.3, -0.25) is 0 Å². The first-order chi connectivity index (χ1) is 10.5. The molecule has 0 aliphatic heterocycles. The minimum atomic E-state index is -0.139. The van der Waals surface area contributed by atoms with Gasteiger partial charge in [-0.25, -0.2) is 4.99 Å². The van der Waals surface area contributed by atoms with E-state index in [4.69, 9.17) is 33.5 Å². The summed E-state index contributed by atoms with van der Waals surface area (Å²) in [4.78, 5) is 7.76. The van der Waals surface area contributed by atoms with Crippen LogP contribution in [0.25, 0.3) is 0 Å². The van der Waals surface area contributed by atoms with Crippen molar-refractivity contribution in [3.05, 3.63) is 59.1 Å². The third kappa shape index (κ3) is 4.68. The molecule has 0 fully saturated rings. The lowest BCUT2D eigenvalue weighted by molar-refractivity contribution is 0.306. The summed E-state index contributed by atoms with van der Waals surface area (Å²) in [5.74, 6) is 0.474. The van der Waals surface area contributed by atoms with E-state index < -0.39 is 0 Å². The largest absolute Gasteiger partial charge is 0.487 e. The molecule has 0 heterocycles. The van der Waals surface area contributed by atoms with Crippen molar-refractivity contribution < 1.29 is 4.74 Å². The highest BCUT2D eigenvalue weighted by Gasteiger charge is 2.01. The van der Waals surface area contributed by atoms with Gasteiger partial charge in [0.25, 0.3) is 0 Å². The predicted molar refractivity (Wildman–Crippen MR) is 89.3 cm³/mol. The standard InChI is InChI=1S/C15H16ClN5O/c16-12-6-1-2-7-13(12)22-9-10-4-3-5-11(8-10)20-15(19)21-14(17)18/h1-8H,9H2,(H6,17,18,19,20,21). The van der Waals surface area contributed by atoms with E-state index in [0.29, 0.717) is 23.1 Å². The average Bonchev–Trinajstić information content (AvgIpc) is 2.46. The molecule has 0 aliphatic carbocycles. The van der Waals surface area contributed by atoms with Crippen molar-refractivity contribution in [1.82, 2.24) is 0 Å². The molecular weight excluding hydrogens is 302 g/mol. The molecule has 0 saturated carbocycles. The molecule has 0 aromatic heterocycles. The molecular formula is C15H16ClN5O. The third-order valence-corrected chi connectivity index (χ3v) is 2.94. The highest BCUT2D eigenvalue weighted by Crippen LogP contribution is 2.24. The smallest absolute Gasteiger partial charge is 0.223 e. The van der Waals surface area contributed by atoms with Crippen LogP contribution in [0.5, 0.6) is 5.75 Å². The van der Waals surface area contributed by atoms with Crippen LogP contribution in [0.1, 0.15) is 5.56 Å². The number of rotatable bonds is 4. The highest BCUT2D eigenvalue weighted by atomic mass is 35.5. The minimum Gasteiger partial charge on any atom is -0.487 e. The van der Waals surface area contributed by atoms with Crippen LogP contribution in [0.3, 0.4) is 0 Å². The normalized spacial score (nSPS) is 11.0. The Bertz CT molecular complexity index is 711. The topological polar surface area (TPSA) is 112 Å². The molecule has 0 unspecified atom stereocenters. The zero-order chi connectivity index (χ0) is 15.9. The number of nitrogens with zero attached hydrogens (tertiary/aromatic N) is 2. The van der Waals surface area contributed by atoms with Crippen LogP contribution in [0.4, 0.5) is 5.69 Å². The Morgan fingerprint density at radius 1 is 1.05 bits per heavy atom. The summed E-state index contributed by atoms with van der Waals surface area (Å²) in [6, 6.07) is 14.6. The Kier molecular flexibility index (Phi) is 5.21. The second-order valence-electron chi connectivity index (χ2n) is 4.40. The molecule has 0 spiro atoms. The van der Waals surface area contributed by atoms with Crippen molar-refractivity contribution in [3.8, 4) is 5.75 Å². The number of halogens is 1. The van der Waals surface area contributed by atoms with Crippen LogP contribution in [0.15, 0.2) is 58.5 Å². The fraction of sp³-hybridized carbons (Fsp3) is 0.0667. The maximum Gasteiger partial charge on any atom is 0.223 e. The molecule has 0 aliphatic rings. The molecule has 6 N–H and O–H groups in total. The molecule has 0 bridgehead atoms. The van der Waals surface area contributed by atoms with Gasteiger partial charge in [0, 0.05) is 0 Å². The summed E-state index contributed by atoms with van der Waals surface area (Å²) in [5.41, 5.74) is 17.6. The lowest BCUT2D eigenvalue weighted by Crippen LogP contribution is -2.26. The first-order valence-corrected chi connectivity index (χ1v) is 6.82. The molecule has 7 heteroatoms. The average molecular weight is 318 g/mol. The Labute approximate surface area is 133 Å². The van der Waals surface area contributed by atoms with Crippen LogP contribution in [-0.2, 0) is 6.61 Å². The van der Waals surface area contributed by atoms with Gasteiger partial charge in [-0.2, -0.15) is 4.99 Å². The molecule has 0 amide bonds. The second kappa shape index (κ2) is 7.33. The lowest BCUT2D eigenvalue weighted by atomic mass is 10.2. The predicted octanol–water partition coefficient (Wildman–Crippen LogP) is 2.14. The quantitative estimate of drug-likeness (QED) is 0.592.